The van der Waals surface area contributed by atoms with Crippen molar-refractivity contribution in [1.29, 1.82) is 0 Å². The fourth-order valence-electron chi connectivity index (χ4n) is 1.95. The number of benzene rings is 1. The van der Waals surface area contributed by atoms with Gasteiger partial charge < -0.3 is 5.11 Å². The van der Waals surface area contributed by atoms with Gasteiger partial charge in [-0.25, -0.2) is 4.98 Å². The quantitative estimate of drug-likeness (QED) is 0.858. The van der Waals surface area contributed by atoms with E-state index in [9.17, 15) is 4.79 Å². The van der Waals surface area contributed by atoms with Gasteiger partial charge in [-0.1, -0.05) is 37.1 Å². The van der Waals surface area contributed by atoms with Crippen molar-refractivity contribution in [2.45, 2.75) is 32.6 Å². The molecule has 0 radical (unpaired) electrons. The lowest BCUT2D eigenvalue weighted by molar-refractivity contribution is -0.136. The number of thiazole rings is 1. The first-order chi connectivity index (χ1) is 9.60. The Kier molecular flexibility index (Phi) is 5.15. The molecule has 106 valence electrons. The monoisotopic (exact) mass is 309 g/mol. The summed E-state index contributed by atoms with van der Waals surface area (Å²) in [4.78, 5) is 16.5. The highest BCUT2D eigenvalue weighted by atomic mass is 35.5. The zero-order valence-electron chi connectivity index (χ0n) is 11.2. The van der Waals surface area contributed by atoms with E-state index in [-0.39, 0.29) is 6.42 Å². The number of rotatable bonds is 6. The predicted molar refractivity (Wildman–Crippen MR) is 82.5 cm³/mol. The van der Waals surface area contributed by atoms with Crippen LogP contribution in [0.25, 0.3) is 10.6 Å². The van der Waals surface area contributed by atoms with Crippen molar-refractivity contribution < 1.29 is 9.90 Å². The molecule has 1 aromatic heterocycles. The Balaban J connectivity index is 2.27. The van der Waals surface area contributed by atoms with E-state index < -0.39 is 5.97 Å². The second-order valence-electron chi connectivity index (χ2n) is 4.54. The maximum Gasteiger partial charge on any atom is 0.303 e. The van der Waals surface area contributed by atoms with Crippen LogP contribution in [0.3, 0.4) is 0 Å². The summed E-state index contributed by atoms with van der Waals surface area (Å²) in [6, 6.07) is 7.57. The second kappa shape index (κ2) is 6.86. The van der Waals surface area contributed by atoms with Crippen LogP contribution in [0, 0.1) is 0 Å². The molecule has 0 amide bonds. The molecule has 0 saturated heterocycles. The first-order valence-electron chi connectivity index (χ1n) is 6.56. The minimum absolute atomic E-state index is 0.152. The van der Waals surface area contributed by atoms with Crippen LogP contribution in [0.5, 0.6) is 0 Å². The first kappa shape index (κ1) is 15.0. The third kappa shape index (κ3) is 3.81. The molecule has 0 atom stereocenters. The minimum atomic E-state index is -0.770. The van der Waals surface area contributed by atoms with Crippen molar-refractivity contribution in [1.82, 2.24) is 4.98 Å². The molecule has 1 aromatic carbocycles. The molecule has 3 nitrogen and oxygen atoms in total. The number of carboxylic acids is 1. The molecule has 0 bridgehead atoms. The molecular formula is C15H16ClNO2S. The SMILES string of the molecule is CCCc1nc(-c2ccc(Cl)cc2)sc1CCC(=O)O. The molecular weight excluding hydrogens is 294 g/mol. The number of hydrogen-bond acceptors (Lipinski definition) is 3. The fourth-order valence-corrected chi connectivity index (χ4v) is 3.19. The van der Waals surface area contributed by atoms with Gasteiger partial charge in [0.1, 0.15) is 5.01 Å². The standard InChI is InChI=1S/C15H16ClNO2S/c1-2-3-12-13(8-9-14(18)19)20-15(17-12)10-4-6-11(16)7-5-10/h4-7H,2-3,8-9H2,1H3,(H,18,19). The minimum Gasteiger partial charge on any atom is -0.481 e. The summed E-state index contributed by atoms with van der Waals surface area (Å²) in [5.41, 5.74) is 2.06. The van der Waals surface area contributed by atoms with Crippen LogP contribution < -0.4 is 0 Å². The van der Waals surface area contributed by atoms with Gasteiger partial charge in [-0.3, -0.25) is 4.79 Å². The maximum atomic E-state index is 10.7. The van der Waals surface area contributed by atoms with Gasteiger partial charge >= 0.3 is 5.97 Å². The van der Waals surface area contributed by atoms with E-state index in [1.807, 2.05) is 24.3 Å². The first-order valence-corrected chi connectivity index (χ1v) is 7.76. The molecule has 0 unspecified atom stereocenters. The number of nitrogens with zero attached hydrogens (tertiary/aromatic N) is 1. The van der Waals surface area contributed by atoms with E-state index in [1.165, 1.54) is 0 Å². The number of carbonyl (C=O) groups is 1. The lowest BCUT2D eigenvalue weighted by Gasteiger charge is -1.97. The topological polar surface area (TPSA) is 50.2 Å². The van der Waals surface area contributed by atoms with Crippen molar-refractivity contribution in [3.05, 3.63) is 39.9 Å². The zero-order valence-corrected chi connectivity index (χ0v) is 12.8. The second-order valence-corrected chi connectivity index (χ2v) is 6.06. The van der Waals surface area contributed by atoms with Gasteiger partial charge in [-0.2, -0.15) is 0 Å². The van der Waals surface area contributed by atoms with Gasteiger partial charge in [0.05, 0.1) is 12.1 Å². The number of hydrogen-bond donors (Lipinski definition) is 1. The van der Waals surface area contributed by atoms with E-state index >= 15 is 0 Å². The number of carboxylic acid groups (broad SMARTS) is 1. The molecule has 5 heteroatoms. The van der Waals surface area contributed by atoms with Crippen LogP contribution in [0.2, 0.25) is 5.02 Å². The highest BCUT2D eigenvalue weighted by molar-refractivity contribution is 7.15. The number of aryl methyl sites for hydroxylation is 2. The average Bonchev–Trinajstić information content (AvgIpc) is 2.81. The van der Waals surface area contributed by atoms with Gasteiger partial charge in [0.15, 0.2) is 0 Å². The summed E-state index contributed by atoms with van der Waals surface area (Å²) in [6.45, 7) is 2.10. The molecule has 0 aliphatic carbocycles. The smallest absolute Gasteiger partial charge is 0.303 e. The molecule has 2 rings (SSSR count). The average molecular weight is 310 g/mol. The van der Waals surface area contributed by atoms with Crippen molar-refractivity contribution in [2.75, 3.05) is 0 Å². The van der Waals surface area contributed by atoms with Crippen molar-refractivity contribution in [3.63, 3.8) is 0 Å². The van der Waals surface area contributed by atoms with Crippen molar-refractivity contribution in [3.8, 4) is 10.6 Å². The van der Waals surface area contributed by atoms with Crippen LogP contribution in [-0.2, 0) is 17.6 Å². The molecule has 1 heterocycles. The lowest BCUT2D eigenvalue weighted by atomic mass is 10.1. The highest BCUT2D eigenvalue weighted by Crippen LogP contribution is 2.30. The van der Waals surface area contributed by atoms with E-state index in [4.69, 9.17) is 16.7 Å². The van der Waals surface area contributed by atoms with Crippen LogP contribution in [0.4, 0.5) is 0 Å². The highest BCUT2D eigenvalue weighted by Gasteiger charge is 2.13. The van der Waals surface area contributed by atoms with Crippen LogP contribution in [0.1, 0.15) is 30.3 Å². The van der Waals surface area contributed by atoms with Gasteiger partial charge in [0, 0.05) is 15.5 Å². The Morgan fingerprint density at radius 1 is 1.30 bits per heavy atom. The molecule has 1 N–H and O–H groups in total. The zero-order chi connectivity index (χ0) is 14.5. The molecule has 0 spiro atoms. The van der Waals surface area contributed by atoms with Crippen LogP contribution in [-0.4, -0.2) is 16.1 Å². The molecule has 0 saturated carbocycles. The summed E-state index contributed by atoms with van der Waals surface area (Å²) >= 11 is 7.47. The fraction of sp³-hybridized carbons (Fsp3) is 0.333. The molecule has 2 aromatic rings. The Labute approximate surface area is 127 Å². The lowest BCUT2D eigenvalue weighted by Crippen LogP contribution is -1.98. The van der Waals surface area contributed by atoms with E-state index in [2.05, 4.69) is 11.9 Å². The Morgan fingerprint density at radius 2 is 2.00 bits per heavy atom. The third-order valence-corrected chi connectivity index (χ3v) is 4.38. The van der Waals surface area contributed by atoms with Crippen LogP contribution >= 0.6 is 22.9 Å². The van der Waals surface area contributed by atoms with E-state index in [0.29, 0.717) is 11.4 Å². The summed E-state index contributed by atoms with van der Waals surface area (Å²) in [5, 5.41) is 10.5. The Bertz CT molecular complexity index is 592. The third-order valence-electron chi connectivity index (χ3n) is 2.92. The number of aliphatic carboxylic acids is 1. The van der Waals surface area contributed by atoms with Gasteiger partial charge in [-0.05, 0) is 25.0 Å². The number of aromatic nitrogens is 1. The summed E-state index contributed by atoms with van der Waals surface area (Å²) in [6.07, 6.45) is 2.60. The van der Waals surface area contributed by atoms with E-state index in [0.717, 1.165) is 34.0 Å². The maximum absolute atomic E-state index is 10.7. The molecule has 0 aliphatic rings. The Hall–Kier alpha value is -1.39. The van der Waals surface area contributed by atoms with Gasteiger partial charge in [-0.15, -0.1) is 11.3 Å². The van der Waals surface area contributed by atoms with Gasteiger partial charge in [0.25, 0.3) is 0 Å². The Morgan fingerprint density at radius 3 is 2.60 bits per heavy atom. The van der Waals surface area contributed by atoms with Crippen molar-refractivity contribution >= 4 is 28.9 Å². The van der Waals surface area contributed by atoms with Crippen LogP contribution in [0.15, 0.2) is 24.3 Å². The largest absolute Gasteiger partial charge is 0.481 e. The number of halogens is 1. The molecule has 20 heavy (non-hydrogen) atoms. The summed E-state index contributed by atoms with van der Waals surface area (Å²) in [7, 11) is 0. The predicted octanol–water partition coefficient (Wildman–Crippen LogP) is 4.43. The van der Waals surface area contributed by atoms with E-state index in [1.54, 1.807) is 11.3 Å². The normalized spacial score (nSPS) is 10.7. The summed E-state index contributed by atoms with van der Waals surface area (Å²) < 4.78 is 0. The summed E-state index contributed by atoms with van der Waals surface area (Å²) in [5.74, 6) is -0.770. The van der Waals surface area contributed by atoms with Crippen molar-refractivity contribution in [2.24, 2.45) is 0 Å². The van der Waals surface area contributed by atoms with Gasteiger partial charge in [0.2, 0.25) is 0 Å². The molecule has 0 aliphatic heterocycles. The molecule has 0 fully saturated rings.